The van der Waals surface area contributed by atoms with Gasteiger partial charge in [-0.15, -0.1) is 24.0 Å². The lowest BCUT2D eigenvalue weighted by Crippen LogP contribution is -2.38. The van der Waals surface area contributed by atoms with Gasteiger partial charge in [-0.05, 0) is 49.1 Å². The van der Waals surface area contributed by atoms with E-state index in [1.807, 2.05) is 25.3 Å². The van der Waals surface area contributed by atoms with Crippen LogP contribution in [-0.2, 0) is 13.0 Å². The van der Waals surface area contributed by atoms with Crippen molar-refractivity contribution >= 4 is 29.9 Å². The van der Waals surface area contributed by atoms with E-state index in [2.05, 4.69) is 20.6 Å². The molecule has 0 radical (unpaired) electrons. The molecule has 1 heterocycles. The topological polar surface area (TPSA) is 58.5 Å². The van der Waals surface area contributed by atoms with E-state index in [0.29, 0.717) is 24.6 Å². The SMILES string of the molecule is CN=C(NCCc1ccncc1C)NCc1ccc(C)cc1OCC(F)(F)F.I. The summed E-state index contributed by atoms with van der Waals surface area (Å²) in [7, 11) is 1.64. The zero-order valence-corrected chi connectivity index (χ0v) is 19.0. The second-order valence-electron chi connectivity index (χ2n) is 6.42. The molecule has 29 heavy (non-hydrogen) atoms. The first kappa shape index (κ1) is 25.0. The lowest BCUT2D eigenvalue weighted by molar-refractivity contribution is -0.153. The third kappa shape index (κ3) is 8.88. The number of nitrogens with zero attached hydrogens (tertiary/aromatic N) is 2. The van der Waals surface area contributed by atoms with Crippen LogP contribution in [0, 0.1) is 13.8 Å². The number of aryl methyl sites for hydroxylation is 2. The number of rotatable bonds is 7. The van der Waals surface area contributed by atoms with Crippen LogP contribution in [0.25, 0.3) is 0 Å². The molecular weight excluding hydrogens is 496 g/mol. The number of nitrogens with one attached hydrogen (secondary N) is 2. The molecule has 0 atom stereocenters. The first-order valence-corrected chi connectivity index (χ1v) is 8.91. The summed E-state index contributed by atoms with van der Waals surface area (Å²) in [5.41, 5.74) is 3.77. The molecular formula is C20H26F3IN4O. The van der Waals surface area contributed by atoms with Crippen LogP contribution in [0.15, 0.2) is 41.7 Å². The van der Waals surface area contributed by atoms with Crippen molar-refractivity contribution in [3.05, 3.63) is 58.9 Å². The Labute approximate surface area is 186 Å². The highest BCUT2D eigenvalue weighted by Gasteiger charge is 2.28. The van der Waals surface area contributed by atoms with Gasteiger partial charge in [0.25, 0.3) is 0 Å². The lowest BCUT2D eigenvalue weighted by Gasteiger charge is -2.16. The van der Waals surface area contributed by atoms with Crippen molar-refractivity contribution in [2.75, 3.05) is 20.2 Å². The quantitative estimate of drug-likeness (QED) is 0.326. The van der Waals surface area contributed by atoms with Gasteiger partial charge in [-0.3, -0.25) is 9.98 Å². The average Bonchev–Trinajstić information content (AvgIpc) is 2.64. The molecule has 0 bridgehead atoms. The van der Waals surface area contributed by atoms with Crippen LogP contribution in [0.1, 0.15) is 22.3 Å². The van der Waals surface area contributed by atoms with Crippen LogP contribution in [0.2, 0.25) is 0 Å². The molecule has 0 aliphatic rings. The van der Waals surface area contributed by atoms with Crippen molar-refractivity contribution in [3.63, 3.8) is 0 Å². The summed E-state index contributed by atoms with van der Waals surface area (Å²) < 4.78 is 42.4. The zero-order chi connectivity index (χ0) is 20.6. The molecule has 0 aliphatic heterocycles. The van der Waals surface area contributed by atoms with Crippen LogP contribution >= 0.6 is 24.0 Å². The maximum atomic E-state index is 12.5. The first-order valence-electron chi connectivity index (χ1n) is 8.91. The van der Waals surface area contributed by atoms with Crippen molar-refractivity contribution in [1.29, 1.82) is 0 Å². The van der Waals surface area contributed by atoms with E-state index >= 15 is 0 Å². The fourth-order valence-electron chi connectivity index (χ4n) is 2.60. The highest BCUT2D eigenvalue weighted by molar-refractivity contribution is 14.0. The number of halogens is 4. The van der Waals surface area contributed by atoms with Gasteiger partial charge in [-0.2, -0.15) is 13.2 Å². The molecule has 0 spiro atoms. The van der Waals surface area contributed by atoms with Crippen LogP contribution in [0.5, 0.6) is 5.75 Å². The molecule has 1 aromatic carbocycles. The van der Waals surface area contributed by atoms with Gasteiger partial charge in [0.2, 0.25) is 0 Å². The Balaban J connectivity index is 0.00000420. The van der Waals surface area contributed by atoms with Crippen LogP contribution < -0.4 is 15.4 Å². The fourth-order valence-corrected chi connectivity index (χ4v) is 2.60. The molecule has 0 saturated carbocycles. The van der Waals surface area contributed by atoms with Gasteiger partial charge in [0.15, 0.2) is 12.6 Å². The number of aliphatic imine (C=N–C) groups is 1. The first-order chi connectivity index (χ1) is 13.3. The Bertz CT molecular complexity index is 813. The van der Waals surface area contributed by atoms with E-state index in [4.69, 9.17) is 4.74 Å². The predicted molar refractivity (Wildman–Crippen MR) is 119 cm³/mol. The standard InChI is InChI=1S/C20H25F3N4O.HI/c1-14-4-5-17(18(10-14)28-13-20(21,22)23)12-27-19(24-3)26-9-7-16-6-8-25-11-15(16)2;/h4-6,8,10-11H,7,9,12-13H2,1-3H3,(H2,24,26,27);1H. The minimum Gasteiger partial charge on any atom is -0.484 e. The van der Waals surface area contributed by atoms with Gasteiger partial charge in [-0.1, -0.05) is 12.1 Å². The van der Waals surface area contributed by atoms with Crippen molar-refractivity contribution in [3.8, 4) is 5.75 Å². The van der Waals surface area contributed by atoms with E-state index in [9.17, 15) is 13.2 Å². The molecule has 160 valence electrons. The van der Waals surface area contributed by atoms with Gasteiger partial charge in [-0.25, -0.2) is 0 Å². The number of aromatic nitrogens is 1. The molecule has 0 amide bonds. The monoisotopic (exact) mass is 522 g/mol. The number of hydrogen-bond donors (Lipinski definition) is 2. The van der Waals surface area contributed by atoms with Crippen LogP contribution in [0.3, 0.4) is 0 Å². The number of hydrogen-bond acceptors (Lipinski definition) is 3. The van der Waals surface area contributed by atoms with E-state index in [-0.39, 0.29) is 29.7 Å². The number of pyridine rings is 1. The third-order valence-corrected chi connectivity index (χ3v) is 4.11. The molecule has 0 saturated heterocycles. The minimum absolute atomic E-state index is 0. The molecule has 2 rings (SSSR count). The molecule has 5 nitrogen and oxygen atoms in total. The summed E-state index contributed by atoms with van der Waals surface area (Å²) >= 11 is 0. The zero-order valence-electron chi connectivity index (χ0n) is 16.6. The maximum Gasteiger partial charge on any atom is 0.422 e. The molecule has 0 fully saturated rings. The Morgan fingerprint density at radius 3 is 2.55 bits per heavy atom. The van der Waals surface area contributed by atoms with E-state index in [1.165, 1.54) is 5.56 Å². The minimum atomic E-state index is -4.38. The van der Waals surface area contributed by atoms with Gasteiger partial charge < -0.3 is 15.4 Å². The number of benzene rings is 1. The predicted octanol–water partition coefficient (Wildman–Crippen LogP) is 4.17. The van der Waals surface area contributed by atoms with Crippen LogP contribution in [-0.4, -0.2) is 37.3 Å². The molecule has 0 aliphatic carbocycles. The molecule has 2 aromatic rings. The Hall–Kier alpha value is -2.04. The largest absolute Gasteiger partial charge is 0.484 e. The molecule has 2 N–H and O–H groups in total. The Morgan fingerprint density at radius 1 is 1.14 bits per heavy atom. The highest BCUT2D eigenvalue weighted by Crippen LogP contribution is 2.23. The fraction of sp³-hybridized carbons (Fsp3) is 0.400. The summed E-state index contributed by atoms with van der Waals surface area (Å²) in [6, 6.07) is 7.16. The third-order valence-electron chi connectivity index (χ3n) is 4.11. The highest BCUT2D eigenvalue weighted by atomic mass is 127. The normalized spacial score (nSPS) is 11.6. The van der Waals surface area contributed by atoms with Gasteiger partial charge in [0.05, 0.1) is 0 Å². The number of ether oxygens (including phenoxy) is 1. The summed E-state index contributed by atoms with van der Waals surface area (Å²) in [5, 5.41) is 6.31. The summed E-state index contributed by atoms with van der Waals surface area (Å²) in [4.78, 5) is 8.22. The molecule has 9 heteroatoms. The number of alkyl halides is 3. The summed E-state index contributed by atoms with van der Waals surface area (Å²) in [6.45, 7) is 3.45. The molecule has 1 aromatic heterocycles. The summed E-state index contributed by atoms with van der Waals surface area (Å²) in [6.07, 6.45) is 0.00813. The maximum absolute atomic E-state index is 12.5. The van der Waals surface area contributed by atoms with Gasteiger partial charge in [0.1, 0.15) is 5.75 Å². The van der Waals surface area contributed by atoms with E-state index < -0.39 is 12.8 Å². The Morgan fingerprint density at radius 2 is 1.90 bits per heavy atom. The van der Waals surface area contributed by atoms with E-state index in [0.717, 1.165) is 17.5 Å². The average molecular weight is 522 g/mol. The Kier molecular flexibility index (Phi) is 10.2. The van der Waals surface area contributed by atoms with Gasteiger partial charge >= 0.3 is 6.18 Å². The van der Waals surface area contributed by atoms with Crippen molar-refractivity contribution in [2.45, 2.75) is 33.0 Å². The second-order valence-corrected chi connectivity index (χ2v) is 6.42. The molecule has 0 unspecified atom stereocenters. The van der Waals surface area contributed by atoms with Crippen molar-refractivity contribution in [1.82, 2.24) is 15.6 Å². The van der Waals surface area contributed by atoms with Crippen LogP contribution in [0.4, 0.5) is 13.2 Å². The lowest BCUT2D eigenvalue weighted by atomic mass is 10.1. The van der Waals surface area contributed by atoms with Crippen molar-refractivity contribution in [2.24, 2.45) is 4.99 Å². The number of guanidine groups is 1. The smallest absolute Gasteiger partial charge is 0.422 e. The second kappa shape index (κ2) is 11.8. The van der Waals surface area contributed by atoms with E-state index in [1.54, 1.807) is 32.3 Å². The van der Waals surface area contributed by atoms with Gasteiger partial charge in [0, 0.05) is 38.1 Å². The summed E-state index contributed by atoms with van der Waals surface area (Å²) in [5.74, 6) is 0.779. The van der Waals surface area contributed by atoms with Crippen molar-refractivity contribution < 1.29 is 17.9 Å².